The molecule has 1 unspecified atom stereocenters. The first kappa shape index (κ1) is 22.9. The number of nitrogens with zero attached hydrogens (tertiary/aromatic N) is 2. The summed E-state index contributed by atoms with van der Waals surface area (Å²) < 4.78 is 65.7. The summed E-state index contributed by atoms with van der Waals surface area (Å²) in [4.78, 5) is 15.5. The fourth-order valence-electron chi connectivity index (χ4n) is 2.71. The first-order valence-electron chi connectivity index (χ1n) is 8.70. The van der Waals surface area contributed by atoms with Crippen molar-refractivity contribution >= 4 is 15.7 Å². The standard InChI is InChI=1S/C18H22F3N3O4S/c1-13-3-5-14(6-4-13)29(27,28)12-7-15(25)22-9-8-17(26,18(19,20)21)16-23-10-11-24(16)2/h3-6,10-11,26H,7-9,12H2,1-2H3,(H,22,25). The van der Waals surface area contributed by atoms with Crippen LogP contribution in [0.25, 0.3) is 0 Å². The van der Waals surface area contributed by atoms with Gasteiger partial charge in [0.2, 0.25) is 11.5 Å². The van der Waals surface area contributed by atoms with Gasteiger partial charge in [-0.3, -0.25) is 4.79 Å². The number of hydrogen-bond donors (Lipinski definition) is 2. The second kappa shape index (κ2) is 8.54. The van der Waals surface area contributed by atoms with Crippen LogP contribution in [0.15, 0.2) is 41.6 Å². The summed E-state index contributed by atoms with van der Waals surface area (Å²) in [6, 6.07) is 6.11. The molecule has 1 aromatic heterocycles. The summed E-state index contributed by atoms with van der Waals surface area (Å²) in [6.45, 7) is 1.29. The number of halogens is 3. The molecular weight excluding hydrogens is 411 g/mol. The molecule has 160 valence electrons. The van der Waals surface area contributed by atoms with Crippen molar-refractivity contribution in [1.29, 1.82) is 0 Å². The summed E-state index contributed by atoms with van der Waals surface area (Å²) >= 11 is 0. The number of alkyl halides is 3. The van der Waals surface area contributed by atoms with Crippen molar-refractivity contribution in [3.63, 3.8) is 0 Å². The lowest BCUT2D eigenvalue weighted by molar-refractivity contribution is -0.272. The fraction of sp³-hybridized carbons (Fsp3) is 0.444. The Morgan fingerprint density at radius 2 is 1.86 bits per heavy atom. The van der Waals surface area contributed by atoms with E-state index in [2.05, 4.69) is 10.3 Å². The van der Waals surface area contributed by atoms with Gasteiger partial charge in [-0.15, -0.1) is 0 Å². The van der Waals surface area contributed by atoms with Crippen molar-refractivity contribution in [3.8, 4) is 0 Å². The first-order chi connectivity index (χ1) is 13.4. The van der Waals surface area contributed by atoms with Gasteiger partial charge in [-0.05, 0) is 19.1 Å². The summed E-state index contributed by atoms with van der Waals surface area (Å²) in [5.41, 5.74) is -2.36. The number of hydrogen-bond acceptors (Lipinski definition) is 5. The largest absolute Gasteiger partial charge is 0.424 e. The van der Waals surface area contributed by atoms with Crippen LogP contribution in [0.5, 0.6) is 0 Å². The number of aryl methyl sites for hydroxylation is 2. The topological polar surface area (TPSA) is 101 Å². The van der Waals surface area contributed by atoms with Gasteiger partial charge in [-0.1, -0.05) is 17.7 Å². The summed E-state index contributed by atoms with van der Waals surface area (Å²) in [7, 11) is -2.38. The van der Waals surface area contributed by atoms with Crippen molar-refractivity contribution in [2.75, 3.05) is 12.3 Å². The average molecular weight is 433 g/mol. The molecule has 0 aliphatic rings. The third-order valence-corrected chi connectivity index (χ3v) is 6.18. The van der Waals surface area contributed by atoms with E-state index in [9.17, 15) is 31.5 Å². The Morgan fingerprint density at radius 3 is 2.38 bits per heavy atom. The molecule has 2 rings (SSSR count). The predicted octanol–water partition coefficient (Wildman–Crippen LogP) is 1.85. The molecule has 2 N–H and O–H groups in total. The molecule has 0 saturated carbocycles. The van der Waals surface area contributed by atoms with E-state index in [1.165, 1.54) is 25.4 Å². The highest BCUT2D eigenvalue weighted by molar-refractivity contribution is 7.91. The summed E-state index contributed by atoms with van der Waals surface area (Å²) in [6.07, 6.45) is -3.90. The van der Waals surface area contributed by atoms with E-state index >= 15 is 0 Å². The van der Waals surface area contributed by atoms with Gasteiger partial charge >= 0.3 is 6.18 Å². The van der Waals surface area contributed by atoms with Crippen LogP contribution in [0.2, 0.25) is 0 Å². The van der Waals surface area contributed by atoms with Gasteiger partial charge in [0, 0.05) is 38.8 Å². The third kappa shape index (κ3) is 5.36. The lowest BCUT2D eigenvalue weighted by atomic mass is 9.97. The Kier molecular flexibility index (Phi) is 6.74. The van der Waals surface area contributed by atoms with E-state index in [1.807, 2.05) is 0 Å². The number of amides is 1. The van der Waals surface area contributed by atoms with Crippen LogP contribution in [-0.4, -0.2) is 47.5 Å². The molecule has 1 amide bonds. The number of aromatic nitrogens is 2. The third-order valence-electron chi connectivity index (χ3n) is 4.45. The molecule has 7 nitrogen and oxygen atoms in total. The van der Waals surface area contributed by atoms with Crippen LogP contribution in [0, 0.1) is 6.92 Å². The zero-order valence-corrected chi connectivity index (χ0v) is 16.7. The van der Waals surface area contributed by atoms with Gasteiger partial charge in [0.1, 0.15) is 5.82 Å². The molecule has 1 atom stereocenters. The van der Waals surface area contributed by atoms with Gasteiger partial charge in [0.05, 0.1) is 10.6 Å². The highest BCUT2D eigenvalue weighted by Gasteiger charge is 2.57. The molecule has 0 spiro atoms. The van der Waals surface area contributed by atoms with E-state index < -0.39 is 58.5 Å². The van der Waals surface area contributed by atoms with Crippen LogP contribution in [0.4, 0.5) is 13.2 Å². The van der Waals surface area contributed by atoms with Gasteiger partial charge in [0.25, 0.3) is 0 Å². The number of imidazole rings is 1. The lowest BCUT2D eigenvalue weighted by Gasteiger charge is -2.29. The Labute approximate surface area is 166 Å². The SMILES string of the molecule is Cc1ccc(S(=O)(=O)CCC(=O)NCCC(O)(c2nccn2C)C(F)(F)F)cc1. The quantitative estimate of drug-likeness (QED) is 0.662. The number of sulfone groups is 1. The molecule has 2 aromatic rings. The van der Waals surface area contributed by atoms with Crippen LogP contribution < -0.4 is 5.32 Å². The molecular formula is C18H22F3N3O4S. The zero-order chi connectivity index (χ0) is 21.9. The highest BCUT2D eigenvalue weighted by Crippen LogP contribution is 2.40. The predicted molar refractivity (Wildman–Crippen MR) is 98.6 cm³/mol. The van der Waals surface area contributed by atoms with Crippen LogP contribution in [0.3, 0.4) is 0 Å². The monoisotopic (exact) mass is 433 g/mol. The number of rotatable bonds is 8. The second-order valence-electron chi connectivity index (χ2n) is 6.70. The Bertz CT molecular complexity index is 955. The molecule has 1 aromatic carbocycles. The zero-order valence-electron chi connectivity index (χ0n) is 15.9. The minimum absolute atomic E-state index is 0.0668. The summed E-state index contributed by atoms with van der Waals surface area (Å²) in [5.74, 6) is -1.81. The number of carbonyl (C=O) groups is 1. The number of benzene rings is 1. The minimum Gasteiger partial charge on any atom is -0.374 e. The van der Waals surface area contributed by atoms with Crippen molar-refractivity contribution < 1.29 is 31.5 Å². The van der Waals surface area contributed by atoms with Gasteiger partial charge in [-0.25, -0.2) is 13.4 Å². The highest BCUT2D eigenvalue weighted by atomic mass is 32.2. The van der Waals surface area contributed by atoms with Crippen molar-refractivity contribution in [1.82, 2.24) is 14.9 Å². The van der Waals surface area contributed by atoms with Crippen molar-refractivity contribution in [3.05, 3.63) is 48.0 Å². The normalized spacial score (nSPS) is 14.4. The number of nitrogens with one attached hydrogen (secondary N) is 1. The second-order valence-corrected chi connectivity index (χ2v) is 8.81. The number of aliphatic hydroxyl groups is 1. The van der Waals surface area contributed by atoms with Crippen LogP contribution >= 0.6 is 0 Å². The molecule has 29 heavy (non-hydrogen) atoms. The van der Waals surface area contributed by atoms with E-state index in [0.29, 0.717) is 0 Å². The fourth-order valence-corrected chi connectivity index (χ4v) is 3.95. The van der Waals surface area contributed by atoms with E-state index in [0.717, 1.165) is 16.3 Å². The summed E-state index contributed by atoms with van der Waals surface area (Å²) in [5, 5.41) is 12.4. The van der Waals surface area contributed by atoms with Crippen LogP contribution in [0.1, 0.15) is 24.2 Å². The molecule has 0 bridgehead atoms. The average Bonchev–Trinajstić information content (AvgIpc) is 3.06. The van der Waals surface area contributed by atoms with Crippen molar-refractivity contribution in [2.45, 2.75) is 36.4 Å². The van der Waals surface area contributed by atoms with Gasteiger partial charge < -0.3 is 15.0 Å². The maximum atomic E-state index is 13.4. The maximum absolute atomic E-state index is 13.4. The molecule has 0 saturated heterocycles. The molecule has 0 fully saturated rings. The Balaban J connectivity index is 1.94. The first-order valence-corrected chi connectivity index (χ1v) is 10.3. The van der Waals surface area contributed by atoms with E-state index in [1.54, 1.807) is 19.1 Å². The van der Waals surface area contributed by atoms with Gasteiger partial charge in [-0.2, -0.15) is 13.2 Å². The molecule has 0 radical (unpaired) electrons. The smallest absolute Gasteiger partial charge is 0.374 e. The van der Waals surface area contributed by atoms with Gasteiger partial charge in [0.15, 0.2) is 9.84 Å². The molecule has 0 aliphatic carbocycles. The maximum Gasteiger partial charge on any atom is 0.424 e. The molecule has 1 heterocycles. The van der Waals surface area contributed by atoms with E-state index in [4.69, 9.17) is 0 Å². The Morgan fingerprint density at radius 1 is 1.24 bits per heavy atom. The lowest BCUT2D eigenvalue weighted by Crippen LogP contribution is -2.46. The number of carbonyl (C=O) groups excluding carboxylic acids is 1. The Hall–Kier alpha value is -2.40. The molecule has 11 heteroatoms. The van der Waals surface area contributed by atoms with Crippen molar-refractivity contribution in [2.24, 2.45) is 7.05 Å². The minimum atomic E-state index is -5.01. The van der Waals surface area contributed by atoms with E-state index in [-0.39, 0.29) is 4.90 Å². The molecule has 0 aliphatic heterocycles. The van der Waals surface area contributed by atoms with Crippen LogP contribution in [-0.2, 0) is 27.3 Å².